The van der Waals surface area contributed by atoms with Crippen LogP contribution in [0, 0.1) is 0 Å². The quantitative estimate of drug-likeness (QED) is 0.628. The molecule has 2 aromatic rings. The molecule has 0 unspecified atom stereocenters. The summed E-state index contributed by atoms with van der Waals surface area (Å²) in [6.07, 6.45) is 3.15. The van der Waals surface area contributed by atoms with E-state index in [1.54, 1.807) is 30.3 Å². The lowest BCUT2D eigenvalue weighted by molar-refractivity contribution is 0.0955. The minimum atomic E-state index is -3.57. The zero-order valence-electron chi connectivity index (χ0n) is 13.9. The first-order chi connectivity index (χ1) is 12.5. The second-order valence-corrected chi connectivity index (χ2v) is 8.20. The molecule has 0 radical (unpaired) electrons. The first-order valence-electron chi connectivity index (χ1n) is 8.16. The zero-order chi connectivity index (χ0) is 18.6. The van der Waals surface area contributed by atoms with Gasteiger partial charge in [0.05, 0.1) is 11.1 Å². The lowest BCUT2D eigenvalue weighted by Crippen LogP contribution is -2.28. The van der Waals surface area contributed by atoms with Crippen LogP contribution in [0.2, 0.25) is 5.02 Å². The van der Waals surface area contributed by atoms with Crippen LogP contribution in [0.3, 0.4) is 0 Å². The smallest absolute Gasteiger partial charge is 0.267 e. The normalized spacial score (nSPS) is 15.4. The maximum atomic E-state index is 12.6. The van der Waals surface area contributed by atoms with Crippen molar-refractivity contribution in [3.05, 3.63) is 64.7 Å². The summed E-state index contributed by atoms with van der Waals surface area (Å²) in [5, 5.41) is 4.40. The number of carbonyl (C=O) groups is 1. The highest BCUT2D eigenvalue weighted by atomic mass is 35.5. The molecule has 136 valence electrons. The molecule has 1 aliphatic heterocycles. The Balaban J connectivity index is 1.73. The molecule has 26 heavy (non-hydrogen) atoms. The number of carbonyl (C=O) groups excluding carboxylic acids is 1. The van der Waals surface area contributed by atoms with E-state index >= 15 is 0 Å². The Labute approximate surface area is 157 Å². The molecule has 1 heterocycles. The van der Waals surface area contributed by atoms with Crippen molar-refractivity contribution in [2.75, 3.05) is 13.1 Å². The highest BCUT2D eigenvalue weighted by Crippen LogP contribution is 2.21. The fraction of sp³-hybridized carbons (Fsp3) is 0.222. The summed E-state index contributed by atoms with van der Waals surface area (Å²) in [4.78, 5) is 12.4. The van der Waals surface area contributed by atoms with Gasteiger partial charge in [-0.05, 0) is 37.1 Å². The average Bonchev–Trinajstić information content (AvgIpc) is 3.19. The summed E-state index contributed by atoms with van der Waals surface area (Å²) >= 11 is 6.01. The number of nitrogens with one attached hydrogen (secondary N) is 1. The molecule has 2 aromatic carbocycles. The topological polar surface area (TPSA) is 78.8 Å². The number of hydrazone groups is 1. The summed E-state index contributed by atoms with van der Waals surface area (Å²) in [5.41, 5.74) is 3.28. The van der Waals surface area contributed by atoms with Gasteiger partial charge in [0, 0.05) is 29.2 Å². The Morgan fingerprint density at radius 1 is 1.12 bits per heavy atom. The van der Waals surface area contributed by atoms with Crippen LogP contribution in [-0.2, 0) is 10.0 Å². The molecule has 3 rings (SSSR count). The van der Waals surface area contributed by atoms with E-state index in [1.807, 2.05) is 6.07 Å². The number of benzene rings is 2. The first-order valence-corrected chi connectivity index (χ1v) is 9.98. The lowest BCUT2D eigenvalue weighted by atomic mass is 10.2. The van der Waals surface area contributed by atoms with Gasteiger partial charge in [-0.1, -0.05) is 35.9 Å². The van der Waals surface area contributed by atoms with Gasteiger partial charge in [0.2, 0.25) is 10.0 Å². The standard InChI is InChI=1S/C18H18ClN3O3S/c19-17-9-2-1-6-15(17)13-20-21-18(23)14-7-5-8-16(12-14)26(24,25)22-10-3-4-11-22/h1-2,5-9,12-13H,3-4,10-11H2,(H,21,23)/b20-13-. The van der Waals surface area contributed by atoms with Crippen molar-refractivity contribution in [1.82, 2.24) is 9.73 Å². The van der Waals surface area contributed by atoms with Crippen LogP contribution in [-0.4, -0.2) is 37.9 Å². The van der Waals surface area contributed by atoms with Gasteiger partial charge in [0.1, 0.15) is 0 Å². The van der Waals surface area contributed by atoms with E-state index in [1.165, 1.54) is 22.7 Å². The highest BCUT2D eigenvalue weighted by molar-refractivity contribution is 7.89. The summed E-state index contributed by atoms with van der Waals surface area (Å²) < 4.78 is 26.6. The Morgan fingerprint density at radius 2 is 1.85 bits per heavy atom. The number of hydrogen-bond donors (Lipinski definition) is 1. The van der Waals surface area contributed by atoms with Crippen molar-refractivity contribution in [1.29, 1.82) is 0 Å². The molecular formula is C18H18ClN3O3S. The van der Waals surface area contributed by atoms with Crippen molar-refractivity contribution >= 4 is 33.7 Å². The van der Waals surface area contributed by atoms with Gasteiger partial charge in [0.25, 0.3) is 5.91 Å². The second-order valence-electron chi connectivity index (χ2n) is 5.86. The third-order valence-electron chi connectivity index (χ3n) is 4.07. The van der Waals surface area contributed by atoms with Crippen LogP contribution in [0.15, 0.2) is 58.5 Å². The number of rotatable bonds is 5. The molecule has 0 atom stereocenters. The minimum Gasteiger partial charge on any atom is -0.267 e. The van der Waals surface area contributed by atoms with Gasteiger partial charge in [-0.3, -0.25) is 4.79 Å². The summed E-state index contributed by atoms with van der Waals surface area (Å²) in [7, 11) is -3.57. The zero-order valence-corrected chi connectivity index (χ0v) is 15.5. The first kappa shape index (κ1) is 18.6. The second kappa shape index (κ2) is 7.99. The van der Waals surface area contributed by atoms with Gasteiger partial charge < -0.3 is 0 Å². The molecule has 0 aromatic heterocycles. The SMILES string of the molecule is O=C(N/N=C\c1ccccc1Cl)c1cccc(S(=O)(=O)N2CCCC2)c1. The average molecular weight is 392 g/mol. The monoisotopic (exact) mass is 391 g/mol. The van der Waals surface area contributed by atoms with Crippen LogP contribution in [0.5, 0.6) is 0 Å². The van der Waals surface area contributed by atoms with Crippen molar-refractivity contribution < 1.29 is 13.2 Å². The molecule has 0 bridgehead atoms. The van der Waals surface area contributed by atoms with Crippen LogP contribution < -0.4 is 5.43 Å². The minimum absolute atomic E-state index is 0.113. The van der Waals surface area contributed by atoms with E-state index in [-0.39, 0.29) is 10.5 Å². The van der Waals surface area contributed by atoms with Crippen LogP contribution in [0.4, 0.5) is 0 Å². The number of hydrogen-bond acceptors (Lipinski definition) is 4. The molecule has 1 saturated heterocycles. The van der Waals surface area contributed by atoms with Gasteiger partial charge in [-0.15, -0.1) is 0 Å². The molecule has 1 amide bonds. The molecular weight excluding hydrogens is 374 g/mol. The van der Waals surface area contributed by atoms with Crippen molar-refractivity contribution in [3.63, 3.8) is 0 Å². The number of amides is 1. The predicted molar refractivity (Wildman–Crippen MR) is 101 cm³/mol. The third kappa shape index (κ3) is 4.12. The Hall–Kier alpha value is -2.22. The van der Waals surface area contributed by atoms with Crippen molar-refractivity contribution in [2.24, 2.45) is 5.10 Å². The fourth-order valence-electron chi connectivity index (χ4n) is 2.68. The highest BCUT2D eigenvalue weighted by Gasteiger charge is 2.27. The van der Waals surface area contributed by atoms with Gasteiger partial charge in [0.15, 0.2) is 0 Å². The molecule has 0 spiro atoms. The van der Waals surface area contributed by atoms with Gasteiger partial charge in [-0.2, -0.15) is 9.41 Å². The predicted octanol–water partition coefficient (Wildman–Crippen LogP) is 2.89. The van der Waals surface area contributed by atoms with E-state index in [2.05, 4.69) is 10.5 Å². The summed E-state index contributed by atoms with van der Waals surface area (Å²) in [6.45, 7) is 1.03. The molecule has 1 N–H and O–H groups in total. The van der Waals surface area contributed by atoms with Crippen molar-refractivity contribution in [3.8, 4) is 0 Å². The van der Waals surface area contributed by atoms with Crippen molar-refractivity contribution in [2.45, 2.75) is 17.7 Å². The van der Waals surface area contributed by atoms with E-state index in [0.29, 0.717) is 23.7 Å². The number of nitrogens with zero attached hydrogens (tertiary/aromatic N) is 2. The molecule has 8 heteroatoms. The van der Waals surface area contributed by atoms with E-state index < -0.39 is 15.9 Å². The number of halogens is 1. The lowest BCUT2D eigenvalue weighted by Gasteiger charge is -2.15. The van der Waals surface area contributed by atoms with E-state index in [4.69, 9.17) is 11.6 Å². The number of sulfonamides is 1. The maximum absolute atomic E-state index is 12.6. The van der Waals surface area contributed by atoms with Gasteiger partial charge >= 0.3 is 0 Å². The maximum Gasteiger partial charge on any atom is 0.271 e. The van der Waals surface area contributed by atoms with Gasteiger partial charge in [-0.25, -0.2) is 13.8 Å². The van der Waals surface area contributed by atoms with Crippen LogP contribution >= 0.6 is 11.6 Å². The van der Waals surface area contributed by atoms with E-state index in [0.717, 1.165) is 12.8 Å². The Kier molecular flexibility index (Phi) is 5.70. The fourth-order valence-corrected chi connectivity index (χ4v) is 4.43. The molecule has 0 aliphatic carbocycles. The van der Waals surface area contributed by atoms with E-state index in [9.17, 15) is 13.2 Å². The Morgan fingerprint density at radius 3 is 2.58 bits per heavy atom. The summed E-state index contributed by atoms with van der Waals surface area (Å²) in [6, 6.07) is 13.1. The molecule has 6 nitrogen and oxygen atoms in total. The van der Waals surface area contributed by atoms with Crippen LogP contribution in [0.1, 0.15) is 28.8 Å². The molecule has 0 saturated carbocycles. The largest absolute Gasteiger partial charge is 0.271 e. The summed E-state index contributed by atoms with van der Waals surface area (Å²) in [5.74, 6) is -0.494. The third-order valence-corrected chi connectivity index (χ3v) is 6.31. The van der Waals surface area contributed by atoms with Crippen LogP contribution in [0.25, 0.3) is 0 Å². The molecule has 1 aliphatic rings. The Bertz CT molecular complexity index is 938. The molecule has 1 fully saturated rings.